The molecular formula is C29H27N3O4S. The molecule has 2 heterocycles. The van der Waals surface area contributed by atoms with Gasteiger partial charge in [-0.05, 0) is 65.3 Å². The lowest BCUT2D eigenvalue weighted by Crippen LogP contribution is -2.35. The molecule has 0 radical (unpaired) electrons. The largest absolute Gasteiger partial charge is 0.493 e. The molecule has 2 amide bonds. The van der Waals surface area contributed by atoms with Crippen LogP contribution in [-0.4, -0.2) is 44.1 Å². The number of carbonyl (C=O) groups excluding carboxylic acids is 2. The number of carbonyl (C=O) groups is 2. The number of nitrogens with zero attached hydrogens (tertiary/aromatic N) is 1. The SMILES string of the molecule is COc1ccc(/C=C2\CCc3c2nc2ccccc2c3C(=O)NCCNC(=O)c2ccsc2)cc1OC. The number of ether oxygens (including phenoxy) is 2. The minimum absolute atomic E-state index is 0.143. The number of amides is 2. The molecule has 2 aromatic heterocycles. The molecule has 5 rings (SSSR count). The quantitative estimate of drug-likeness (QED) is 0.325. The molecule has 0 saturated carbocycles. The van der Waals surface area contributed by atoms with Gasteiger partial charge in [0.2, 0.25) is 0 Å². The van der Waals surface area contributed by atoms with Crippen LogP contribution in [0, 0.1) is 0 Å². The maximum Gasteiger partial charge on any atom is 0.252 e. The monoisotopic (exact) mass is 513 g/mol. The van der Waals surface area contributed by atoms with Crippen molar-refractivity contribution in [3.63, 3.8) is 0 Å². The summed E-state index contributed by atoms with van der Waals surface area (Å²) >= 11 is 1.47. The first-order valence-corrected chi connectivity index (χ1v) is 13.0. The lowest BCUT2D eigenvalue weighted by Gasteiger charge is -2.13. The number of rotatable bonds is 8. The lowest BCUT2D eigenvalue weighted by molar-refractivity contribution is 0.0928. The first kappa shape index (κ1) is 24.5. The molecule has 4 aromatic rings. The van der Waals surface area contributed by atoms with Crippen molar-refractivity contribution in [1.29, 1.82) is 0 Å². The molecule has 0 unspecified atom stereocenters. The summed E-state index contributed by atoms with van der Waals surface area (Å²) in [4.78, 5) is 30.5. The van der Waals surface area contributed by atoms with Gasteiger partial charge in [0, 0.05) is 29.4 Å². The van der Waals surface area contributed by atoms with Crippen molar-refractivity contribution in [1.82, 2.24) is 15.6 Å². The highest BCUT2D eigenvalue weighted by atomic mass is 32.1. The first-order chi connectivity index (χ1) is 18.1. The maximum absolute atomic E-state index is 13.4. The molecule has 0 aliphatic heterocycles. The summed E-state index contributed by atoms with van der Waals surface area (Å²) in [6, 6.07) is 15.3. The topological polar surface area (TPSA) is 89.5 Å². The van der Waals surface area contributed by atoms with Gasteiger partial charge in [0.15, 0.2) is 11.5 Å². The number of hydrogen-bond donors (Lipinski definition) is 2. The number of pyridine rings is 1. The van der Waals surface area contributed by atoms with Crippen LogP contribution >= 0.6 is 11.3 Å². The molecule has 0 saturated heterocycles. The zero-order valence-electron chi connectivity index (χ0n) is 20.7. The molecule has 37 heavy (non-hydrogen) atoms. The van der Waals surface area contributed by atoms with E-state index in [1.165, 1.54) is 11.3 Å². The molecule has 188 valence electrons. The van der Waals surface area contributed by atoms with E-state index in [9.17, 15) is 9.59 Å². The average molecular weight is 514 g/mol. The first-order valence-electron chi connectivity index (χ1n) is 12.0. The van der Waals surface area contributed by atoms with Crippen molar-refractivity contribution in [3.8, 4) is 11.5 Å². The number of allylic oxidation sites excluding steroid dienone is 1. The second kappa shape index (κ2) is 10.8. The van der Waals surface area contributed by atoms with E-state index in [1.807, 2.05) is 47.8 Å². The van der Waals surface area contributed by atoms with Gasteiger partial charge in [-0.15, -0.1) is 0 Å². The fourth-order valence-electron chi connectivity index (χ4n) is 4.62. The van der Waals surface area contributed by atoms with E-state index in [-0.39, 0.29) is 11.8 Å². The summed E-state index contributed by atoms with van der Waals surface area (Å²) < 4.78 is 10.8. The third-order valence-corrected chi connectivity index (χ3v) is 7.08. The van der Waals surface area contributed by atoms with E-state index >= 15 is 0 Å². The van der Waals surface area contributed by atoms with Gasteiger partial charge in [-0.1, -0.05) is 24.3 Å². The molecule has 0 atom stereocenters. The Balaban J connectivity index is 1.41. The van der Waals surface area contributed by atoms with E-state index in [4.69, 9.17) is 14.5 Å². The summed E-state index contributed by atoms with van der Waals surface area (Å²) in [5.74, 6) is 1.03. The third-order valence-electron chi connectivity index (χ3n) is 6.40. The minimum atomic E-state index is -0.160. The van der Waals surface area contributed by atoms with Crippen LogP contribution in [0.5, 0.6) is 11.5 Å². The average Bonchev–Trinajstić information content (AvgIpc) is 3.60. The van der Waals surface area contributed by atoms with E-state index < -0.39 is 0 Å². The molecule has 2 aromatic carbocycles. The summed E-state index contributed by atoms with van der Waals surface area (Å²) in [5.41, 5.74) is 5.91. The van der Waals surface area contributed by atoms with Crippen LogP contribution in [-0.2, 0) is 6.42 Å². The Hall–Kier alpha value is -4.17. The molecule has 7 nitrogen and oxygen atoms in total. The van der Waals surface area contributed by atoms with Crippen LogP contribution in [0.3, 0.4) is 0 Å². The van der Waals surface area contributed by atoms with Gasteiger partial charge in [-0.3, -0.25) is 9.59 Å². The molecule has 2 N–H and O–H groups in total. The Morgan fingerprint density at radius 2 is 1.76 bits per heavy atom. The highest BCUT2D eigenvalue weighted by Gasteiger charge is 2.26. The number of benzene rings is 2. The van der Waals surface area contributed by atoms with Gasteiger partial charge in [0.05, 0.1) is 31.0 Å². The van der Waals surface area contributed by atoms with Gasteiger partial charge < -0.3 is 20.1 Å². The number of fused-ring (bicyclic) bond motifs is 2. The molecule has 1 aliphatic rings. The lowest BCUT2D eigenvalue weighted by atomic mass is 10.00. The van der Waals surface area contributed by atoms with Crippen molar-refractivity contribution in [2.24, 2.45) is 0 Å². The number of para-hydroxylation sites is 1. The Kier molecular flexibility index (Phi) is 7.18. The summed E-state index contributed by atoms with van der Waals surface area (Å²) in [5, 5.41) is 10.3. The molecule has 0 fully saturated rings. The van der Waals surface area contributed by atoms with Gasteiger partial charge in [0.25, 0.3) is 11.8 Å². The normalized spacial score (nSPS) is 13.4. The van der Waals surface area contributed by atoms with Gasteiger partial charge in [0.1, 0.15) is 0 Å². The molecule has 1 aliphatic carbocycles. The van der Waals surface area contributed by atoms with Gasteiger partial charge in [-0.25, -0.2) is 4.98 Å². The van der Waals surface area contributed by atoms with Crippen LogP contribution in [0.25, 0.3) is 22.6 Å². The van der Waals surface area contributed by atoms with Crippen LogP contribution in [0.4, 0.5) is 0 Å². The standard InChI is InChI=1S/C29H27N3O4S/c1-35-24-10-7-18(16-25(24)36-2)15-19-8-9-22-26(21-5-3-4-6-23(21)32-27(19)22)29(34)31-13-12-30-28(33)20-11-14-37-17-20/h3-7,10-11,14-17H,8-9,12-13H2,1-2H3,(H,30,33)(H,31,34)/b19-15+. The van der Waals surface area contributed by atoms with Gasteiger partial charge in [-0.2, -0.15) is 11.3 Å². The van der Waals surface area contributed by atoms with E-state index in [2.05, 4.69) is 16.7 Å². The number of nitrogens with one attached hydrogen (secondary N) is 2. The fraction of sp³-hybridized carbons (Fsp3) is 0.207. The minimum Gasteiger partial charge on any atom is -0.493 e. The molecule has 0 bridgehead atoms. The van der Waals surface area contributed by atoms with E-state index in [0.29, 0.717) is 35.7 Å². The van der Waals surface area contributed by atoms with Crippen molar-refractivity contribution < 1.29 is 19.1 Å². The Labute approximate surface area is 219 Å². The van der Waals surface area contributed by atoms with Crippen molar-refractivity contribution in [2.45, 2.75) is 12.8 Å². The smallest absolute Gasteiger partial charge is 0.252 e. The fourth-order valence-corrected chi connectivity index (χ4v) is 5.25. The van der Waals surface area contributed by atoms with E-state index in [1.54, 1.807) is 25.7 Å². The number of thiophene rings is 1. The molecule has 0 spiro atoms. The van der Waals surface area contributed by atoms with Crippen LogP contribution in [0.15, 0.2) is 59.3 Å². The predicted octanol–water partition coefficient (Wildman–Crippen LogP) is 4.96. The van der Waals surface area contributed by atoms with Crippen LogP contribution < -0.4 is 20.1 Å². The Bertz CT molecular complexity index is 1490. The van der Waals surface area contributed by atoms with Crippen LogP contribution in [0.2, 0.25) is 0 Å². The second-order valence-electron chi connectivity index (χ2n) is 8.64. The number of aromatic nitrogens is 1. The van der Waals surface area contributed by atoms with Crippen molar-refractivity contribution >= 4 is 45.7 Å². The number of methoxy groups -OCH3 is 2. The maximum atomic E-state index is 13.4. The van der Waals surface area contributed by atoms with Gasteiger partial charge >= 0.3 is 0 Å². The Morgan fingerprint density at radius 1 is 0.973 bits per heavy atom. The van der Waals surface area contributed by atoms with E-state index in [0.717, 1.165) is 46.1 Å². The summed E-state index contributed by atoms with van der Waals surface area (Å²) in [6.45, 7) is 0.671. The second-order valence-corrected chi connectivity index (χ2v) is 9.42. The number of hydrogen-bond acceptors (Lipinski definition) is 6. The zero-order valence-corrected chi connectivity index (χ0v) is 21.5. The van der Waals surface area contributed by atoms with Crippen LogP contribution in [0.1, 0.15) is 44.0 Å². The summed E-state index contributed by atoms with van der Waals surface area (Å²) in [6.07, 6.45) is 3.60. The molecule has 8 heteroatoms. The van der Waals surface area contributed by atoms with Crippen molar-refractivity contribution in [2.75, 3.05) is 27.3 Å². The molecular weight excluding hydrogens is 486 g/mol. The Morgan fingerprint density at radius 3 is 2.51 bits per heavy atom. The third kappa shape index (κ3) is 5.06. The highest BCUT2D eigenvalue weighted by molar-refractivity contribution is 7.08. The zero-order chi connectivity index (χ0) is 25.8. The summed E-state index contributed by atoms with van der Waals surface area (Å²) in [7, 11) is 3.23. The van der Waals surface area contributed by atoms with Crippen molar-refractivity contribution in [3.05, 3.63) is 87.2 Å². The predicted molar refractivity (Wildman–Crippen MR) is 146 cm³/mol. The highest BCUT2D eigenvalue weighted by Crippen LogP contribution is 2.38.